The van der Waals surface area contributed by atoms with Crippen molar-refractivity contribution in [1.29, 1.82) is 0 Å². The van der Waals surface area contributed by atoms with Crippen molar-refractivity contribution < 1.29 is 4.79 Å². The maximum atomic E-state index is 11.5. The van der Waals surface area contributed by atoms with Crippen LogP contribution in [-0.2, 0) is 4.79 Å². The molecule has 3 heteroatoms. The van der Waals surface area contributed by atoms with Crippen molar-refractivity contribution in [3.8, 4) is 0 Å². The number of hydrogen-bond acceptors (Lipinski definition) is 2. The van der Waals surface area contributed by atoms with Crippen LogP contribution in [0.1, 0.15) is 19.3 Å². The van der Waals surface area contributed by atoms with Crippen LogP contribution in [0.2, 0.25) is 0 Å². The summed E-state index contributed by atoms with van der Waals surface area (Å²) in [7, 11) is 0. The van der Waals surface area contributed by atoms with E-state index in [1.165, 1.54) is 0 Å². The third kappa shape index (κ3) is 1.14. The molecule has 2 atom stereocenters. The molecule has 2 aliphatic carbocycles. The fraction of sp³-hybridized carbons (Fsp3) is 0.667. The Morgan fingerprint density at radius 3 is 2.75 bits per heavy atom. The van der Waals surface area contributed by atoms with Crippen LogP contribution in [0.3, 0.4) is 0 Å². The van der Waals surface area contributed by atoms with Crippen LogP contribution < -0.4 is 11.1 Å². The predicted octanol–water partition coefficient (Wildman–Crippen LogP) is 0.168. The van der Waals surface area contributed by atoms with Crippen molar-refractivity contribution in [3.63, 3.8) is 0 Å². The third-order valence-electron chi connectivity index (χ3n) is 2.68. The predicted molar refractivity (Wildman–Crippen MR) is 46.4 cm³/mol. The molecule has 2 rings (SSSR count). The Labute approximate surface area is 72.0 Å². The molecule has 66 valence electrons. The molecule has 2 fully saturated rings. The zero-order chi connectivity index (χ0) is 8.77. The van der Waals surface area contributed by atoms with Crippen molar-refractivity contribution >= 4 is 5.91 Å². The Morgan fingerprint density at radius 1 is 1.67 bits per heavy atom. The average Bonchev–Trinajstić information content (AvgIpc) is 2.88. The second-order valence-electron chi connectivity index (χ2n) is 3.83. The Bertz CT molecular complexity index is 235. The minimum absolute atomic E-state index is 0.00917. The zero-order valence-corrected chi connectivity index (χ0v) is 7.05. The molecule has 1 amide bonds. The summed E-state index contributed by atoms with van der Waals surface area (Å²) in [5.74, 6) is 0.200. The van der Waals surface area contributed by atoms with Crippen LogP contribution in [-0.4, -0.2) is 17.5 Å². The molecule has 0 bridgehead atoms. The molecule has 0 saturated heterocycles. The monoisotopic (exact) mass is 166 g/mol. The second-order valence-corrected chi connectivity index (χ2v) is 3.83. The van der Waals surface area contributed by atoms with Gasteiger partial charge in [0.1, 0.15) is 5.54 Å². The topological polar surface area (TPSA) is 55.1 Å². The third-order valence-corrected chi connectivity index (χ3v) is 2.68. The van der Waals surface area contributed by atoms with E-state index in [0.717, 1.165) is 19.3 Å². The molecule has 2 saturated carbocycles. The SMILES string of the molecule is C=CC1CC1(N)C(=O)NC1CC1. The highest BCUT2D eigenvalue weighted by atomic mass is 16.2. The molecule has 0 spiro atoms. The van der Waals surface area contributed by atoms with Gasteiger partial charge in [0.15, 0.2) is 0 Å². The summed E-state index contributed by atoms with van der Waals surface area (Å²) in [6.45, 7) is 3.64. The quantitative estimate of drug-likeness (QED) is 0.587. The number of rotatable bonds is 3. The number of carbonyl (C=O) groups excluding carboxylic acids is 1. The van der Waals surface area contributed by atoms with Gasteiger partial charge < -0.3 is 11.1 Å². The largest absolute Gasteiger partial charge is 0.352 e. The van der Waals surface area contributed by atoms with Crippen molar-refractivity contribution in [2.24, 2.45) is 11.7 Å². The Kier molecular flexibility index (Phi) is 1.51. The standard InChI is InChI=1S/C9H14N2O/c1-2-6-5-9(6,10)8(12)11-7-3-4-7/h2,6-7H,1,3-5,10H2,(H,11,12). The first-order valence-corrected chi connectivity index (χ1v) is 4.39. The van der Waals surface area contributed by atoms with E-state index >= 15 is 0 Å². The summed E-state index contributed by atoms with van der Waals surface area (Å²) < 4.78 is 0. The number of hydrogen-bond donors (Lipinski definition) is 2. The molecular formula is C9H14N2O. The average molecular weight is 166 g/mol. The summed E-state index contributed by atoms with van der Waals surface area (Å²) >= 11 is 0. The number of nitrogens with one attached hydrogen (secondary N) is 1. The van der Waals surface area contributed by atoms with E-state index in [4.69, 9.17) is 5.73 Å². The molecule has 0 aromatic carbocycles. The maximum Gasteiger partial charge on any atom is 0.240 e. The highest BCUT2D eigenvalue weighted by Gasteiger charge is 2.55. The first-order valence-electron chi connectivity index (χ1n) is 4.39. The highest BCUT2D eigenvalue weighted by Crippen LogP contribution is 2.42. The lowest BCUT2D eigenvalue weighted by Crippen LogP contribution is -2.45. The maximum absolute atomic E-state index is 11.5. The molecule has 0 aliphatic heterocycles. The van der Waals surface area contributed by atoms with Crippen molar-refractivity contribution in [2.45, 2.75) is 30.8 Å². The van der Waals surface area contributed by atoms with Gasteiger partial charge in [0.05, 0.1) is 0 Å². The van der Waals surface area contributed by atoms with Gasteiger partial charge in [0.2, 0.25) is 5.91 Å². The normalized spacial score (nSPS) is 38.9. The van der Waals surface area contributed by atoms with E-state index in [1.54, 1.807) is 6.08 Å². The zero-order valence-electron chi connectivity index (χ0n) is 7.05. The lowest BCUT2D eigenvalue weighted by molar-refractivity contribution is -0.123. The molecular weight excluding hydrogens is 152 g/mol. The van der Waals surface area contributed by atoms with Crippen LogP contribution in [0.25, 0.3) is 0 Å². The molecule has 2 unspecified atom stereocenters. The smallest absolute Gasteiger partial charge is 0.240 e. The van der Waals surface area contributed by atoms with E-state index in [9.17, 15) is 4.79 Å². The molecule has 0 heterocycles. The molecule has 0 aromatic heterocycles. The van der Waals surface area contributed by atoms with Crippen LogP contribution in [0.4, 0.5) is 0 Å². The molecule has 3 N–H and O–H groups in total. The van der Waals surface area contributed by atoms with Gasteiger partial charge in [-0.05, 0) is 19.3 Å². The van der Waals surface area contributed by atoms with E-state index in [-0.39, 0.29) is 11.8 Å². The summed E-state index contributed by atoms with van der Waals surface area (Å²) in [4.78, 5) is 11.5. The van der Waals surface area contributed by atoms with Crippen LogP contribution >= 0.6 is 0 Å². The van der Waals surface area contributed by atoms with Crippen LogP contribution in [0.5, 0.6) is 0 Å². The number of nitrogens with two attached hydrogens (primary N) is 1. The van der Waals surface area contributed by atoms with Gasteiger partial charge in [-0.25, -0.2) is 0 Å². The van der Waals surface area contributed by atoms with Gasteiger partial charge >= 0.3 is 0 Å². The fourth-order valence-corrected chi connectivity index (χ4v) is 1.41. The van der Waals surface area contributed by atoms with Gasteiger partial charge in [-0.2, -0.15) is 0 Å². The van der Waals surface area contributed by atoms with Crippen molar-refractivity contribution in [3.05, 3.63) is 12.7 Å². The van der Waals surface area contributed by atoms with Crippen molar-refractivity contribution in [2.75, 3.05) is 0 Å². The van der Waals surface area contributed by atoms with Gasteiger partial charge in [0, 0.05) is 12.0 Å². The van der Waals surface area contributed by atoms with Crippen LogP contribution in [0, 0.1) is 5.92 Å². The van der Waals surface area contributed by atoms with E-state index < -0.39 is 5.54 Å². The minimum atomic E-state index is -0.621. The molecule has 2 aliphatic rings. The number of carbonyl (C=O) groups is 1. The first-order chi connectivity index (χ1) is 5.66. The molecule has 0 radical (unpaired) electrons. The van der Waals surface area contributed by atoms with Gasteiger partial charge in [-0.3, -0.25) is 4.79 Å². The second kappa shape index (κ2) is 2.33. The number of amides is 1. The summed E-state index contributed by atoms with van der Waals surface area (Å²) in [6, 6.07) is 0.406. The van der Waals surface area contributed by atoms with E-state index in [0.29, 0.717) is 6.04 Å². The highest BCUT2D eigenvalue weighted by molar-refractivity contribution is 5.90. The Balaban J connectivity index is 1.91. The fourth-order valence-electron chi connectivity index (χ4n) is 1.41. The molecule has 3 nitrogen and oxygen atoms in total. The lowest BCUT2D eigenvalue weighted by Gasteiger charge is -2.09. The van der Waals surface area contributed by atoms with E-state index in [1.807, 2.05) is 0 Å². The lowest BCUT2D eigenvalue weighted by atomic mass is 10.2. The van der Waals surface area contributed by atoms with E-state index in [2.05, 4.69) is 11.9 Å². The van der Waals surface area contributed by atoms with Gasteiger partial charge in [0.25, 0.3) is 0 Å². The Hall–Kier alpha value is -0.830. The summed E-state index contributed by atoms with van der Waals surface area (Å²) in [5.41, 5.74) is 5.22. The summed E-state index contributed by atoms with van der Waals surface area (Å²) in [5, 5.41) is 2.91. The molecule has 0 aromatic rings. The summed E-state index contributed by atoms with van der Waals surface area (Å²) in [6.07, 6.45) is 4.75. The van der Waals surface area contributed by atoms with Gasteiger partial charge in [-0.15, -0.1) is 6.58 Å². The van der Waals surface area contributed by atoms with Crippen LogP contribution in [0.15, 0.2) is 12.7 Å². The van der Waals surface area contributed by atoms with Gasteiger partial charge in [-0.1, -0.05) is 6.08 Å². The molecule has 12 heavy (non-hydrogen) atoms. The minimum Gasteiger partial charge on any atom is -0.352 e. The van der Waals surface area contributed by atoms with Crippen molar-refractivity contribution in [1.82, 2.24) is 5.32 Å². The first kappa shape index (κ1) is 7.80. The Morgan fingerprint density at radius 2 is 2.33 bits per heavy atom.